The molecular formula is C36H76O4P2. The van der Waals surface area contributed by atoms with Crippen LogP contribution in [0.15, 0.2) is 0 Å². The Morgan fingerprint density at radius 2 is 0.524 bits per heavy atom. The average Bonchev–Trinajstić information content (AvgIpc) is 3.00. The molecule has 0 N–H and O–H groups in total. The van der Waals surface area contributed by atoms with Gasteiger partial charge in [-0.1, -0.05) is 0 Å². The van der Waals surface area contributed by atoms with Crippen molar-refractivity contribution in [3.63, 3.8) is 0 Å². The zero-order valence-corrected chi connectivity index (χ0v) is 31.7. The van der Waals surface area contributed by atoms with Crippen LogP contribution in [-0.4, -0.2) is 61.2 Å². The van der Waals surface area contributed by atoms with Crippen molar-refractivity contribution in [1.82, 2.24) is 0 Å². The van der Waals surface area contributed by atoms with Gasteiger partial charge in [0.15, 0.2) is 0 Å². The molecular weight excluding hydrogens is 558 g/mol. The second-order valence-electron chi connectivity index (χ2n) is 13.8. The van der Waals surface area contributed by atoms with Crippen molar-refractivity contribution < 1.29 is 18.6 Å². The van der Waals surface area contributed by atoms with E-state index in [4.69, 9.17) is 9.05 Å². The van der Waals surface area contributed by atoms with Gasteiger partial charge in [-0.15, -0.1) is 0 Å². The summed E-state index contributed by atoms with van der Waals surface area (Å²) in [4.78, 5) is 27.5. The molecule has 0 aliphatic heterocycles. The van der Waals surface area contributed by atoms with Gasteiger partial charge in [0.05, 0.1) is 0 Å². The molecule has 0 rings (SSSR count). The topological polar surface area (TPSA) is 52.6 Å². The van der Waals surface area contributed by atoms with E-state index in [1.54, 1.807) is 0 Å². The van der Waals surface area contributed by atoms with Gasteiger partial charge in [0, 0.05) is 0 Å². The van der Waals surface area contributed by atoms with E-state index >= 15 is 0 Å². The molecule has 254 valence electrons. The fourth-order valence-corrected chi connectivity index (χ4v) is 20.7. The molecule has 0 aromatic carbocycles. The van der Waals surface area contributed by atoms with Gasteiger partial charge in [0.2, 0.25) is 0 Å². The van der Waals surface area contributed by atoms with E-state index in [-0.39, 0.29) is 24.8 Å². The normalized spacial score (nSPS) is 14.1. The van der Waals surface area contributed by atoms with E-state index in [2.05, 4.69) is 55.4 Å². The summed E-state index contributed by atoms with van der Waals surface area (Å²) < 4.78 is 13.8. The molecule has 6 heteroatoms. The Balaban J connectivity index is 6.16. The number of hydrogen-bond acceptors (Lipinski definition) is 4. The molecule has 0 bridgehead atoms. The molecule has 0 spiro atoms. The average molecular weight is 635 g/mol. The maximum absolute atomic E-state index is 13.8. The van der Waals surface area contributed by atoms with E-state index < -0.39 is 13.7 Å². The molecule has 0 unspecified atom stereocenters. The van der Waals surface area contributed by atoms with Crippen molar-refractivity contribution in [2.24, 2.45) is 0 Å². The number of unbranched alkanes of at least 4 members (excludes halogenated alkanes) is 8. The third kappa shape index (κ3) is 14.3. The van der Waals surface area contributed by atoms with Crippen LogP contribution in [-0.2, 0) is 18.6 Å². The summed E-state index contributed by atoms with van der Waals surface area (Å²) >= 11 is 0. The Morgan fingerprint density at radius 3 is 0.667 bits per heavy atom. The summed E-state index contributed by atoms with van der Waals surface area (Å²) in [6, 6.07) is 0. The number of rotatable bonds is 29. The quantitative estimate of drug-likeness (QED) is 0.0768. The fraction of sp³-hybridized carbons (Fsp3) is 0.944. The predicted molar refractivity (Wildman–Crippen MR) is 193 cm³/mol. The zero-order valence-electron chi connectivity index (χ0n) is 29.9. The molecule has 0 aliphatic rings. The molecule has 0 saturated carbocycles. The van der Waals surface area contributed by atoms with Gasteiger partial charge in [-0.3, -0.25) is 0 Å². The van der Waals surface area contributed by atoms with Gasteiger partial charge in [-0.2, -0.15) is 0 Å². The molecule has 0 heterocycles. The van der Waals surface area contributed by atoms with Crippen LogP contribution >= 0.6 is 13.7 Å². The van der Waals surface area contributed by atoms with Gasteiger partial charge in [-0.05, 0) is 0 Å². The Morgan fingerprint density at radius 1 is 0.357 bits per heavy atom. The Bertz CT molecular complexity index is 576. The van der Waals surface area contributed by atoms with Crippen molar-refractivity contribution in [2.45, 2.75) is 171 Å². The van der Waals surface area contributed by atoms with Crippen LogP contribution in [0.5, 0.6) is 0 Å². The van der Waals surface area contributed by atoms with Gasteiger partial charge in [0.25, 0.3) is 0 Å². The van der Waals surface area contributed by atoms with Crippen molar-refractivity contribution in [2.75, 3.05) is 49.3 Å². The SMILES string of the molecule is CCCCP(CCCC)(CCCC)(CCCC)OC(=O)CCC(=O)OP(CCCC)(CCCC)(CCCC)CCCC. The first-order valence-electron chi connectivity index (χ1n) is 18.6. The number of carbonyl (C=O) groups is 2. The Kier molecular flexibility index (Phi) is 22.2. The van der Waals surface area contributed by atoms with Crippen LogP contribution < -0.4 is 0 Å². The van der Waals surface area contributed by atoms with E-state index in [9.17, 15) is 9.59 Å². The van der Waals surface area contributed by atoms with Gasteiger partial charge in [-0.25, -0.2) is 0 Å². The summed E-state index contributed by atoms with van der Waals surface area (Å²) in [7, 11) is 0. The Labute approximate surface area is 264 Å². The molecule has 0 aromatic heterocycles. The second kappa shape index (κ2) is 22.3. The third-order valence-electron chi connectivity index (χ3n) is 9.87. The number of hydrogen-bond donors (Lipinski definition) is 0. The summed E-state index contributed by atoms with van der Waals surface area (Å²) in [6.45, 7) is 12.6. The second-order valence-corrected chi connectivity index (χ2v) is 25.1. The van der Waals surface area contributed by atoms with Gasteiger partial charge < -0.3 is 0 Å². The minimum absolute atomic E-state index is 0.131. The van der Waals surface area contributed by atoms with Crippen LogP contribution in [0.1, 0.15) is 171 Å². The summed E-state index contributed by atoms with van der Waals surface area (Å²) in [5.41, 5.74) is 0. The van der Waals surface area contributed by atoms with Crippen molar-refractivity contribution in [3.8, 4) is 0 Å². The molecule has 0 aliphatic carbocycles. The maximum atomic E-state index is 13.8. The van der Waals surface area contributed by atoms with E-state index in [0.717, 1.165) is 152 Å². The van der Waals surface area contributed by atoms with Crippen molar-refractivity contribution >= 4 is 25.6 Å². The fourth-order valence-electron chi connectivity index (χ4n) is 7.04. The van der Waals surface area contributed by atoms with Crippen LogP contribution in [0, 0.1) is 0 Å². The first kappa shape index (κ1) is 41.8. The molecule has 42 heavy (non-hydrogen) atoms. The van der Waals surface area contributed by atoms with E-state index in [0.29, 0.717) is 0 Å². The Hall–Kier alpha value is -0.200. The van der Waals surface area contributed by atoms with Crippen LogP contribution in [0.25, 0.3) is 0 Å². The van der Waals surface area contributed by atoms with Crippen molar-refractivity contribution in [3.05, 3.63) is 0 Å². The minimum atomic E-state index is -2.69. The van der Waals surface area contributed by atoms with Crippen LogP contribution in [0.3, 0.4) is 0 Å². The van der Waals surface area contributed by atoms with E-state index in [1.165, 1.54) is 0 Å². The van der Waals surface area contributed by atoms with Crippen LogP contribution in [0.4, 0.5) is 0 Å². The molecule has 0 radical (unpaired) electrons. The summed E-state index contributed by atoms with van der Waals surface area (Å²) in [6.07, 6.45) is 26.9. The molecule has 0 aromatic rings. The molecule has 4 nitrogen and oxygen atoms in total. The molecule has 0 amide bonds. The molecule has 0 atom stereocenters. The standard InChI is InChI=1S/C36H76O4P2/c1-9-17-27-41(28-18-10-2,29-19-11-3,30-20-12-4)39-35(37)25-26-36(38)40-42(31-21-13-5,32-22-14-6,33-23-15-7)34-24-16-8/h9-34H2,1-8H3. The summed E-state index contributed by atoms with van der Waals surface area (Å²) in [5.74, 6) is -0.262. The first-order chi connectivity index (χ1) is 20.1. The predicted octanol–water partition coefficient (Wildman–Crippen LogP) is 12.2. The first-order valence-corrected chi connectivity index (χ1v) is 24.4. The monoisotopic (exact) mass is 635 g/mol. The van der Waals surface area contributed by atoms with E-state index in [1.807, 2.05) is 0 Å². The third-order valence-corrected chi connectivity index (χ3v) is 22.9. The zero-order chi connectivity index (χ0) is 31.8. The number of carbonyl (C=O) groups excluding carboxylic acids is 2. The van der Waals surface area contributed by atoms with Crippen LogP contribution in [0.2, 0.25) is 0 Å². The summed E-state index contributed by atoms with van der Waals surface area (Å²) in [5, 5.41) is 0. The molecule has 0 fully saturated rings. The van der Waals surface area contributed by atoms with Gasteiger partial charge in [0.1, 0.15) is 0 Å². The van der Waals surface area contributed by atoms with Crippen molar-refractivity contribution in [1.29, 1.82) is 0 Å². The van der Waals surface area contributed by atoms with Gasteiger partial charge >= 0.3 is 264 Å². The molecule has 0 saturated heterocycles.